The largest absolute Gasteiger partial charge is 0.465 e. The van der Waals surface area contributed by atoms with E-state index in [9.17, 15) is 9.59 Å². The van der Waals surface area contributed by atoms with Gasteiger partial charge < -0.3 is 20.3 Å². The van der Waals surface area contributed by atoms with E-state index >= 15 is 0 Å². The Hall–Kier alpha value is -3.02. The minimum Gasteiger partial charge on any atom is -0.465 e. The van der Waals surface area contributed by atoms with Crippen LogP contribution in [0, 0.1) is 0 Å². The summed E-state index contributed by atoms with van der Waals surface area (Å²) in [7, 11) is 1.33. The predicted octanol–water partition coefficient (Wildman–Crippen LogP) is 3.72. The van der Waals surface area contributed by atoms with Crippen LogP contribution in [0.4, 0.5) is 21.9 Å². The highest BCUT2D eigenvalue weighted by Gasteiger charge is 2.12. The second-order valence-electron chi connectivity index (χ2n) is 5.89. The topological polar surface area (TPSA) is 70.7 Å². The number of rotatable bonds is 4. The Morgan fingerprint density at radius 3 is 1.92 bits per heavy atom. The molecule has 2 aromatic carbocycles. The van der Waals surface area contributed by atoms with Crippen molar-refractivity contribution in [2.75, 3.05) is 35.7 Å². The van der Waals surface area contributed by atoms with Gasteiger partial charge in [-0.05, 0) is 61.4 Å². The van der Waals surface area contributed by atoms with Crippen molar-refractivity contribution in [3.05, 3.63) is 54.1 Å². The minimum absolute atomic E-state index is 0.334. The average molecular weight is 339 g/mol. The number of anilines is 3. The fraction of sp³-hybridized carbons (Fsp3) is 0.263. The Balaban J connectivity index is 1.56. The molecule has 0 unspecified atom stereocenters. The van der Waals surface area contributed by atoms with E-state index in [0.29, 0.717) is 11.3 Å². The summed E-state index contributed by atoms with van der Waals surface area (Å²) >= 11 is 0. The first-order valence-corrected chi connectivity index (χ1v) is 8.27. The van der Waals surface area contributed by atoms with Crippen LogP contribution in [0.2, 0.25) is 0 Å². The number of nitrogens with zero attached hydrogens (tertiary/aromatic N) is 1. The molecule has 130 valence electrons. The van der Waals surface area contributed by atoms with Crippen molar-refractivity contribution >= 4 is 29.1 Å². The zero-order valence-corrected chi connectivity index (χ0v) is 14.1. The van der Waals surface area contributed by atoms with Crippen LogP contribution in [0.3, 0.4) is 0 Å². The standard InChI is InChI=1S/C19H21N3O3/c1-25-18(23)14-4-6-15(7-5-14)20-19(24)21-16-8-10-17(11-9-16)22-12-2-3-13-22/h4-11H,2-3,12-13H2,1H3,(H2,20,21,24). The van der Waals surface area contributed by atoms with E-state index < -0.39 is 5.97 Å². The number of carbonyl (C=O) groups excluding carboxylic acids is 2. The first-order chi connectivity index (χ1) is 12.2. The van der Waals surface area contributed by atoms with Gasteiger partial charge in [-0.1, -0.05) is 0 Å². The van der Waals surface area contributed by atoms with Crippen molar-refractivity contribution < 1.29 is 14.3 Å². The molecule has 1 fully saturated rings. The molecule has 6 nitrogen and oxygen atoms in total. The third-order valence-electron chi connectivity index (χ3n) is 4.16. The lowest BCUT2D eigenvalue weighted by Crippen LogP contribution is -2.20. The summed E-state index contributed by atoms with van der Waals surface area (Å²) in [5.74, 6) is -0.408. The van der Waals surface area contributed by atoms with Crippen LogP contribution < -0.4 is 15.5 Å². The van der Waals surface area contributed by atoms with Crippen LogP contribution in [0.15, 0.2) is 48.5 Å². The molecule has 0 bridgehead atoms. The van der Waals surface area contributed by atoms with Gasteiger partial charge in [0.15, 0.2) is 0 Å². The third-order valence-corrected chi connectivity index (χ3v) is 4.16. The number of ether oxygens (including phenoxy) is 1. The van der Waals surface area contributed by atoms with Crippen LogP contribution in [0.1, 0.15) is 23.2 Å². The molecule has 0 aromatic heterocycles. The molecule has 2 N–H and O–H groups in total. The first-order valence-electron chi connectivity index (χ1n) is 8.27. The monoisotopic (exact) mass is 339 g/mol. The average Bonchev–Trinajstić information content (AvgIpc) is 3.17. The van der Waals surface area contributed by atoms with E-state index in [1.165, 1.54) is 25.6 Å². The molecule has 0 atom stereocenters. The van der Waals surface area contributed by atoms with Gasteiger partial charge in [-0.2, -0.15) is 0 Å². The number of carbonyl (C=O) groups is 2. The second-order valence-corrected chi connectivity index (χ2v) is 5.89. The van der Waals surface area contributed by atoms with Crippen LogP contribution in [0.25, 0.3) is 0 Å². The van der Waals surface area contributed by atoms with Gasteiger partial charge in [0.1, 0.15) is 0 Å². The lowest BCUT2D eigenvalue weighted by atomic mass is 10.2. The minimum atomic E-state index is -0.408. The molecule has 0 spiro atoms. The summed E-state index contributed by atoms with van der Waals surface area (Å²) < 4.78 is 4.64. The lowest BCUT2D eigenvalue weighted by Gasteiger charge is -2.17. The summed E-state index contributed by atoms with van der Waals surface area (Å²) in [6.45, 7) is 2.18. The Kier molecular flexibility index (Phi) is 5.18. The zero-order valence-electron chi connectivity index (χ0n) is 14.1. The summed E-state index contributed by atoms with van der Waals surface area (Å²) in [5.41, 5.74) is 2.94. The molecule has 1 aliphatic heterocycles. The van der Waals surface area contributed by atoms with Crippen molar-refractivity contribution in [1.29, 1.82) is 0 Å². The molecule has 1 aliphatic rings. The summed E-state index contributed by atoms with van der Waals surface area (Å²) in [4.78, 5) is 25.8. The third kappa shape index (κ3) is 4.29. The number of esters is 1. The van der Waals surface area contributed by atoms with Gasteiger partial charge in [0.25, 0.3) is 0 Å². The van der Waals surface area contributed by atoms with Crippen molar-refractivity contribution in [2.45, 2.75) is 12.8 Å². The van der Waals surface area contributed by atoms with Gasteiger partial charge >= 0.3 is 12.0 Å². The molecule has 1 saturated heterocycles. The first kappa shape index (κ1) is 16.8. The predicted molar refractivity (Wildman–Crippen MR) is 98.3 cm³/mol. The molecule has 1 heterocycles. The van der Waals surface area contributed by atoms with Gasteiger partial charge in [-0.3, -0.25) is 0 Å². The lowest BCUT2D eigenvalue weighted by molar-refractivity contribution is 0.0601. The SMILES string of the molecule is COC(=O)c1ccc(NC(=O)Nc2ccc(N3CCCC3)cc2)cc1. The van der Waals surface area contributed by atoms with E-state index in [2.05, 4.69) is 20.3 Å². The van der Waals surface area contributed by atoms with Crippen molar-refractivity contribution in [1.82, 2.24) is 0 Å². The highest BCUT2D eigenvalue weighted by atomic mass is 16.5. The van der Waals surface area contributed by atoms with Crippen molar-refractivity contribution in [2.24, 2.45) is 0 Å². The van der Waals surface area contributed by atoms with E-state index in [0.717, 1.165) is 18.8 Å². The van der Waals surface area contributed by atoms with Crippen LogP contribution in [-0.2, 0) is 4.74 Å². The molecule has 2 aromatic rings. The van der Waals surface area contributed by atoms with Gasteiger partial charge in [-0.15, -0.1) is 0 Å². The van der Waals surface area contributed by atoms with Crippen LogP contribution >= 0.6 is 0 Å². The molecule has 2 amide bonds. The fourth-order valence-electron chi connectivity index (χ4n) is 2.83. The van der Waals surface area contributed by atoms with Gasteiger partial charge in [0.2, 0.25) is 0 Å². The van der Waals surface area contributed by atoms with E-state index in [-0.39, 0.29) is 6.03 Å². The molecule has 25 heavy (non-hydrogen) atoms. The fourth-order valence-corrected chi connectivity index (χ4v) is 2.83. The number of hydrogen-bond donors (Lipinski definition) is 2. The highest BCUT2D eigenvalue weighted by Crippen LogP contribution is 2.22. The smallest absolute Gasteiger partial charge is 0.337 e. The van der Waals surface area contributed by atoms with Gasteiger partial charge in [0, 0.05) is 30.2 Å². The van der Waals surface area contributed by atoms with E-state index in [1.807, 2.05) is 24.3 Å². The number of urea groups is 1. The zero-order chi connectivity index (χ0) is 17.6. The number of methoxy groups -OCH3 is 1. The Morgan fingerprint density at radius 2 is 1.40 bits per heavy atom. The van der Waals surface area contributed by atoms with Crippen molar-refractivity contribution in [3.63, 3.8) is 0 Å². The number of nitrogens with one attached hydrogen (secondary N) is 2. The van der Waals surface area contributed by atoms with E-state index in [1.54, 1.807) is 24.3 Å². The normalized spacial score (nSPS) is 13.4. The quantitative estimate of drug-likeness (QED) is 0.833. The van der Waals surface area contributed by atoms with E-state index in [4.69, 9.17) is 0 Å². The maximum atomic E-state index is 12.1. The summed E-state index contributed by atoms with van der Waals surface area (Å²) in [5, 5.41) is 5.53. The molecule has 0 aliphatic carbocycles. The molecule has 0 saturated carbocycles. The van der Waals surface area contributed by atoms with Gasteiger partial charge in [-0.25, -0.2) is 9.59 Å². The van der Waals surface area contributed by atoms with Crippen LogP contribution in [-0.4, -0.2) is 32.2 Å². The number of hydrogen-bond acceptors (Lipinski definition) is 4. The Labute approximate surface area is 146 Å². The Morgan fingerprint density at radius 1 is 0.880 bits per heavy atom. The number of amides is 2. The van der Waals surface area contributed by atoms with Crippen molar-refractivity contribution in [3.8, 4) is 0 Å². The second kappa shape index (κ2) is 7.70. The Bertz CT molecular complexity index is 736. The summed E-state index contributed by atoms with van der Waals surface area (Å²) in [6, 6.07) is 14.0. The summed E-state index contributed by atoms with van der Waals surface area (Å²) in [6.07, 6.45) is 2.47. The molecule has 6 heteroatoms. The van der Waals surface area contributed by atoms with Crippen LogP contribution in [0.5, 0.6) is 0 Å². The number of benzene rings is 2. The maximum Gasteiger partial charge on any atom is 0.337 e. The molecular formula is C19H21N3O3. The van der Waals surface area contributed by atoms with Gasteiger partial charge in [0.05, 0.1) is 12.7 Å². The molecule has 3 rings (SSSR count). The maximum absolute atomic E-state index is 12.1. The highest BCUT2D eigenvalue weighted by molar-refractivity contribution is 6.00. The molecular weight excluding hydrogens is 318 g/mol. The molecule has 0 radical (unpaired) electrons.